The fourth-order valence-corrected chi connectivity index (χ4v) is 3.05. The van der Waals surface area contributed by atoms with Crippen LogP contribution in [0.2, 0.25) is 0 Å². The predicted octanol–water partition coefficient (Wildman–Crippen LogP) is 2.49. The highest BCUT2D eigenvalue weighted by atomic mass is 32.2. The molecule has 1 heterocycles. The Bertz CT molecular complexity index is 746. The molecule has 0 radical (unpaired) electrons. The third-order valence-corrected chi connectivity index (χ3v) is 4.31. The molecule has 0 fully saturated rings. The molecule has 0 saturated carbocycles. The maximum atomic E-state index is 12.3. The zero-order chi connectivity index (χ0) is 16.0. The molecule has 0 aliphatic carbocycles. The second-order valence-electron chi connectivity index (χ2n) is 4.66. The first-order valence-electron chi connectivity index (χ1n) is 6.83. The van der Waals surface area contributed by atoms with Gasteiger partial charge in [0.2, 0.25) is 10.0 Å². The first kappa shape index (κ1) is 16.0. The van der Waals surface area contributed by atoms with Crippen LogP contribution in [0.5, 0.6) is 0 Å². The van der Waals surface area contributed by atoms with E-state index in [-0.39, 0.29) is 17.0 Å². The molecule has 2 rings (SSSR count). The number of carbonyl (C=O) groups is 1. The first-order valence-corrected chi connectivity index (χ1v) is 8.48. The Morgan fingerprint density at radius 3 is 2.64 bits per heavy atom. The Morgan fingerprint density at radius 1 is 1.18 bits per heavy atom. The van der Waals surface area contributed by atoms with Crippen LogP contribution in [0.4, 0.5) is 11.4 Å². The van der Waals surface area contributed by atoms with Gasteiger partial charge in [-0.1, -0.05) is 19.1 Å². The minimum absolute atomic E-state index is 0.00551. The zero-order valence-corrected chi connectivity index (χ0v) is 12.9. The molecule has 6 nitrogen and oxygen atoms in total. The molecule has 0 unspecified atom stereocenters. The van der Waals surface area contributed by atoms with Gasteiger partial charge in [0.1, 0.15) is 0 Å². The van der Waals surface area contributed by atoms with Gasteiger partial charge < -0.3 is 5.32 Å². The van der Waals surface area contributed by atoms with Crippen LogP contribution in [-0.4, -0.2) is 25.1 Å². The van der Waals surface area contributed by atoms with Crippen molar-refractivity contribution in [2.75, 3.05) is 15.8 Å². The van der Waals surface area contributed by atoms with E-state index in [9.17, 15) is 13.2 Å². The number of benzene rings is 1. The molecule has 0 spiro atoms. The van der Waals surface area contributed by atoms with Gasteiger partial charge in [0.15, 0.2) is 0 Å². The Morgan fingerprint density at radius 2 is 1.95 bits per heavy atom. The number of aromatic nitrogens is 1. The van der Waals surface area contributed by atoms with E-state index in [4.69, 9.17) is 0 Å². The van der Waals surface area contributed by atoms with Crippen molar-refractivity contribution < 1.29 is 13.2 Å². The summed E-state index contributed by atoms with van der Waals surface area (Å²) in [6, 6.07) is 9.88. The minimum Gasteiger partial charge on any atom is -0.321 e. The summed E-state index contributed by atoms with van der Waals surface area (Å²) < 4.78 is 26.2. The van der Waals surface area contributed by atoms with Crippen molar-refractivity contribution in [1.29, 1.82) is 0 Å². The predicted molar refractivity (Wildman–Crippen MR) is 86.3 cm³/mol. The fourth-order valence-electron chi connectivity index (χ4n) is 1.89. The van der Waals surface area contributed by atoms with Gasteiger partial charge in [-0.3, -0.25) is 14.5 Å². The molecule has 1 aromatic heterocycles. The largest absolute Gasteiger partial charge is 0.321 e. The first-order chi connectivity index (χ1) is 10.5. The van der Waals surface area contributed by atoms with Crippen LogP contribution in [0, 0.1) is 0 Å². The Labute approximate surface area is 129 Å². The van der Waals surface area contributed by atoms with Gasteiger partial charge in [0, 0.05) is 6.20 Å². The summed E-state index contributed by atoms with van der Waals surface area (Å²) in [7, 11) is -3.46. The van der Waals surface area contributed by atoms with Crippen LogP contribution in [-0.2, 0) is 10.0 Å². The SMILES string of the molecule is CCCS(=O)(=O)Nc1ccccc1C(=O)Nc1cccnc1. The number of para-hydroxylation sites is 1. The summed E-state index contributed by atoms with van der Waals surface area (Å²) in [6.45, 7) is 1.78. The molecule has 1 amide bonds. The van der Waals surface area contributed by atoms with Gasteiger partial charge in [0.25, 0.3) is 5.91 Å². The smallest absolute Gasteiger partial charge is 0.257 e. The minimum atomic E-state index is -3.46. The van der Waals surface area contributed by atoms with Crippen LogP contribution < -0.4 is 10.0 Å². The molecule has 22 heavy (non-hydrogen) atoms. The number of anilines is 2. The average molecular weight is 319 g/mol. The van der Waals surface area contributed by atoms with Crippen LogP contribution >= 0.6 is 0 Å². The van der Waals surface area contributed by atoms with Gasteiger partial charge in [-0.25, -0.2) is 8.42 Å². The molecule has 0 aliphatic rings. The van der Waals surface area contributed by atoms with Crippen molar-refractivity contribution in [1.82, 2.24) is 4.98 Å². The molecule has 0 saturated heterocycles. The number of hydrogen-bond donors (Lipinski definition) is 2. The standard InChI is InChI=1S/C15H17N3O3S/c1-2-10-22(20,21)18-14-8-4-3-7-13(14)15(19)17-12-6-5-9-16-11-12/h3-9,11,18H,2,10H2,1H3,(H,17,19). The lowest BCUT2D eigenvalue weighted by Gasteiger charge is -2.12. The highest BCUT2D eigenvalue weighted by molar-refractivity contribution is 7.92. The molecule has 1 aromatic carbocycles. The molecule has 116 valence electrons. The van der Waals surface area contributed by atoms with E-state index in [1.165, 1.54) is 6.20 Å². The van der Waals surface area contributed by atoms with E-state index < -0.39 is 15.9 Å². The van der Waals surface area contributed by atoms with Crippen LogP contribution in [0.3, 0.4) is 0 Å². The Balaban J connectivity index is 2.23. The quantitative estimate of drug-likeness (QED) is 0.856. The van der Waals surface area contributed by atoms with Gasteiger partial charge in [0.05, 0.1) is 28.9 Å². The lowest BCUT2D eigenvalue weighted by atomic mass is 10.1. The van der Waals surface area contributed by atoms with E-state index in [1.54, 1.807) is 49.5 Å². The van der Waals surface area contributed by atoms with Crippen LogP contribution in [0.25, 0.3) is 0 Å². The van der Waals surface area contributed by atoms with Gasteiger partial charge in [-0.15, -0.1) is 0 Å². The topological polar surface area (TPSA) is 88.2 Å². The van der Waals surface area contributed by atoms with E-state index in [0.29, 0.717) is 12.1 Å². The number of pyridine rings is 1. The maximum Gasteiger partial charge on any atom is 0.257 e. The number of nitrogens with zero attached hydrogens (tertiary/aromatic N) is 1. The van der Waals surface area contributed by atoms with E-state index >= 15 is 0 Å². The van der Waals surface area contributed by atoms with Crippen molar-refractivity contribution in [3.05, 3.63) is 54.4 Å². The summed E-state index contributed by atoms with van der Waals surface area (Å²) in [4.78, 5) is 16.2. The molecule has 0 atom stereocenters. The average Bonchev–Trinajstić information content (AvgIpc) is 2.48. The van der Waals surface area contributed by atoms with Crippen molar-refractivity contribution in [2.45, 2.75) is 13.3 Å². The summed E-state index contributed by atoms with van der Waals surface area (Å²) in [5, 5.41) is 2.68. The third-order valence-electron chi connectivity index (χ3n) is 2.83. The Kier molecular flexibility index (Phi) is 5.11. The second-order valence-corrected chi connectivity index (χ2v) is 6.50. The fraction of sp³-hybridized carbons (Fsp3) is 0.200. The van der Waals surface area contributed by atoms with E-state index in [2.05, 4.69) is 15.0 Å². The number of hydrogen-bond acceptors (Lipinski definition) is 4. The van der Waals surface area contributed by atoms with Crippen molar-refractivity contribution >= 4 is 27.3 Å². The van der Waals surface area contributed by atoms with Crippen molar-refractivity contribution in [3.8, 4) is 0 Å². The van der Waals surface area contributed by atoms with Gasteiger partial charge in [-0.05, 0) is 30.7 Å². The molecule has 7 heteroatoms. The van der Waals surface area contributed by atoms with Crippen molar-refractivity contribution in [2.24, 2.45) is 0 Å². The van der Waals surface area contributed by atoms with E-state index in [0.717, 1.165) is 0 Å². The summed E-state index contributed by atoms with van der Waals surface area (Å²) in [6.07, 6.45) is 3.61. The number of carbonyl (C=O) groups excluding carboxylic acids is 1. The highest BCUT2D eigenvalue weighted by Gasteiger charge is 2.16. The third kappa shape index (κ3) is 4.29. The van der Waals surface area contributed by atoms with Crippen molar-refractivity contribution in [3.63, 3.8) is 0 Å². The zero-order valence-electron chi connectivity index (χ0n) is 12.1. The monoisotopic (exact) mass is 319 g/mol. The molecule has 0 bridgehead atoms. The van der Waals surface area contributed by atoms with Crippen LogP contribution in [0.1, 0.15) is 23.7 Å². The maximum absolute atomic E-state index is 12.3. The molecule has 0 aliphatic heterocycles. The number of sulfonamides is 1. The normalized spacial score (nSPS) is 11.0. The summed E-state index contributed by atoms with van der Waals surface area (Å²) in [5.74, 6) is -0.395. The number of amides is 1. The molecular formula is C15H17N3O3S. The molecular weight excluding hydrogens is 302 g/mol. The number of rotatable bonds is 6. The summed E-state index contributed by atoms with van der Waals surface area (Å²) >= 11 is 0. The lowest BCUT2D eigenvalue weighted by Crippen LogP contribution is -2.20. The summed E-state index contributed by atoms with van der Waals surface area (Å²) in [5.41, 5.74) is 1.06. The molecule has 2 N–H and O–H groups in total. The second kappa shape index (κ2) is 7.04. The lowest BCUT2D eigenvalue weighted by molar-refractivity contribution is 0.102. The number of nitrogens with one attached hydrogen (secondary N) is 2. The van der Waals surface area contributed by atoms with Gasteiger partial charge in [-0.2, -0.15) is 0 Å². The Hall–Kier alpha value is -2.41. The van der Waals surface area contributed by atoms with Crippen LogP contribution in [0.15, 0.2) is 48.8 Å². The highest BCUT2D eigenvalue weighted by Crippen LogP contribution is 2.18. The van der Waals surface area contributed by atoms with E-state index in [1.807, 2.05) is 0 Å². The molecule has 2 aromatic rings. The van der Waals surface area contributed by atoms with Gasteiger partial charge >= 0.3 is 0 Å².